The van der Waals surface area contributed by atoms with Crippen LogP contribution in [0, 0.1) is 0 Å². The fraction of sp³-hybridized carbons (Fsp3) is 0.182. The highest BCUT2D eigenvalue weighted by atomic mass is 15.1. The molecule has 0 unspecified atom stereocenters. The summed E-state index contributed by atoms with van der Waals surface area (Å²) in [5, 5.41) is 6.78. The SMILES string of the molecule is C\C=C/C(/C=C/c1cc[nH]n1)=C\C. The van der Waals surface area contributed by atoms with E-state index >= 15 is 0 Å². The van der Waals surface area contributed by atoms with Crippen molar-refractivity contribution in [1.29, 1.82) is 0 Å². The van der Waals surface area contributed by atoms with Crippen LogP contribution in [-0.4, -0.2) is 10.2 Å². The average Bonchev–Trinajstić information content (AvgIpc) is 2.64. The Labute approximate surface area is 78.7 Å². The second kappa shape index (κ2) is 5.14. The maximum atomic E-state index is 4.02. The summed E-state index contributed by atoms with van der Waals surface area (Å²) in [6.45, 7) is 4.02. The van der Waals surface area contributed by atoms with Gasteiger partial charge in [0.05, 0.1) is 5.69 Å². The number of nitrogens with zero attached hydrogens (tertiary/aromatic N) is 1. The molecule has 1 aromatic heterocycles. The Bertz CT molecular complexity index is 316. The maximum absolute atomic E-state index is 4.02. The Morgan fingerprint density at radius 1 is 1.38 bits per heavy atom. The number of rotatable bonds is 3. The molecule has 2 heteroatoms. The molecule has 0 aliphatic heterocycles. The fourth-order valence-corrected chi connectivity index (χ4v) is 0.987. The van der Waals surface area contributed by atoms with E-state index in [1.807, 2.05) is 44.3 Å². The van der Waals surface area contributed by atoms with E-state index in [1.54, 1.807) is 0 Å². The van der Waals surface area contributed by atoms with Gasteiger partial charge in [0, 0.05) is 6.20 Å². The van der Waals surface area contributed by atoms with Crippen molar-refractivity contribution in [3.8, 4) is 0 Å². The van der Waals surface area contributed by atoms with Gasteiger partial charge in [-0.2, -0.15) is 5.10 Å². The lowest BCUT2D eigenvalue weighted by Crippen LogP contribution is -1.72. The van der Waals surface area contributed by atoms with Crippen LogP contribution in [0.4, 0.5) is 0 Å². The van der Waals surface area contributed by atoms with E-state index < -0.39 is 0 Å². The smallest absolute Gasteiger partial charge is 0.0848 e. The Hall–Kier alpha value is -1.57. The summed E-state index contributed by atoms with van der Waals surface area (Å²) in [6.07, 6.45) is 12.0. The molecule has 0 aliphatic carbocycles. The van der Waals surface area contributed by atoms with Gasteiger partial charge in [-0.3, -0.25) is 5.10 Å². The Kier molecular flexibility index (Phi) is 3.76. The van der Waals surface area contributed by atoms with Crippen LogP contribution in [-0.2, 0) is 0 Å². The molecule has 68 valence electrons. The minimum atomic E-state index is 0.948. The lowest BCUT2D eigenvalue weighted by Gasteiger charge is -1.89. The van der Waals surface area contributed by atoms with Gasteiger partial charge in [-0.1, -0.05) is 24.3 Å². The van der Waals surface area contributed by atoms with Crippen molar-refractivity contribution >= 4 is 6.08 Å². The molecule has 0 radical (unpaired) electrons. The molecule has 0 aliphatic rings. The third kappa shape index (κ3) is 3.11. The molecule has 0 saturated carbocycles. The Morgan fingerprint density at radius 2 is 2.23 bits per heavy atom. The van der Waals surface area contributed by atoms with Crippen LogP contribution in [0.5, 0.6) is 0 Å². The summed E-state index contributed by atoms with van der Waals surface area (Å²) in [4.78, 5) is 0. The molecule has 2 nitrogen and oxygen atoms in total. The molecular weight excluding hydrogens is 160 g/mol. The Morgan fingerprint density at radius 3 is 2.77 bits per heavy atom. The number of H-pyrrole nitrogens is 1. The number of hydrogen-bond acceptors (Lipinski definition) is 1. The van der Waals surface area contributed by atoms with Gasteiger partial charge < -0.3 is 0 Å². The molecule has 0 bridgehead atoms. The highest BCUT2D eigenvalue weighted by Gasteiger charge is 1.86. The molecule has 1 aromatic rings. The van der Waals surface area contributed by atoms with Gasteiger partial charge in [0.1, 0.15) is 0 Å². The molecule has 1 heterocycles. The average molecular weight is 174 g/mol. The van der Waals surface area contributed by atoms with Gasteiger partial charge in [0.15, 0.2) is 0 Å². The van der Waals surface area contributed by atoms with Crippen LogP contribution in [0.3, 0.4) is 0 Å². The predicted molar refractivity (Wildman–Crippen MR) is 56.2 cm³/mol. The number of aromatic nitrogens is 2. The molecule has 1 rings (SSSR count). The van der Waals surface area contributed by atoms with Crippen molar-refractivity contribution in [1.82, 2.24) is 10.2 Å². The maximum Gasteiger partial charge on any atom is 0.0848 e. The quantitative estimate of drug-likeness (QED) is 0.701. The van der Waals surface area contributed by atoms with Gasteiger partial charge in [-0.25, -0.2) is 0 Å². The monoisotopic (exact) mass is 174 g/mol. The van der Waals surface area contributed by atoms with E-state index in [0.717, 1.165) is 5.69 Å². The summed E-state index contributed by atoms with van der Waals surface area (Å²) in [5.74, 6) is 0. The van der Waals surface area contributed by atoms with Crippen LogP contribution in [0.25, 0.3) is 6.08 Å². The van der Waals surface area contributed by atoms with Gasteiger partial charge in [0.25, 0.3) is 0 Å². The van der Waals surface area contributed by atoms with Crippen LogP contribution < -0.4 is 0 Å². The topological polar surface area (TPSA) is 28.7 Å². The highest BCUT2D eigenvalue weighted by molar-refractivity contribution is 5.50. The summed E-state index contributed by atoms with van der Waals surface area (Å²) in [5.41, 5.74) is 2.13. The Balaban J connectivity index is 2.67. The zero-order valence-corrected chi connectivity index (χ0v) is 7.99. The van der Waals surface area contributed by atoms with Crippen molar-refractivity contribution in [2.24, 2.45) is 0 Å². The first-order chi connectivity index (χ1) is 6.36. The summed E-state index contributed by atoms with van der Waals surface area (Å²) >= 11 is 0. The summed E-state index contributed by atoms with van der Waals surface area (Å²) in [6, 6.07) is 1.93. The van der Waals surface area contributed by atoms with Crippen molar-refractivity contribution in [3.05, 3.63) is 47.8 Å². The fourth-order valence-electron chi connectivity index (χ4n) is 0.987. The first kappa shape index (κ1) is 9.52. The molecular formula is C11H14N2. The van der Waals surface area contributed by atoms with Crippen LogP contribution in [0.1, 0.15) is 19.5 Å². The van der Waals surface area contributed by atoms with E-state index in [9.17, 15) is 0 Å². The zero-order chi connectivity index (χ0) is 9.52. The summed E-state index contributed by atoms with van der Waals surface area (Å²) < 4.78 is 0. The number of nitrogens with one attached hydrogen (secondary N) is 1. The van der Waals surface area contributed by atoms with Gasteiger partial charge in [0.2, 0.25) is 0 Å². The highest BCUT2D eigenvalue weighted by Crippen LogP contribution is 2.03. The zero-order valence-electron chi connectivity index (χ0n) is 7.99. The molecule has 0 saturated heterocycles. The van der Waals surface area contributed by atoms with E-state index in [4.69, 9.17) is 0 Å². The third-order valence-corrected chi connectivity index (χ3v) is 1.66. The van der Waals surface area contributed by atoms with Crippen molar-refractivity contribution in [2.45, 2.75) is 13.8 Å². The molecule has 0 aromatic carbocycles. The molecule has 13 heavy (non-hydrogen) atoms. The largest absolute Gasteiger partial charge is 0.285 e. The van der Waals surface area contributed by atoms with Gasteiger partial charge in [-0.05, 0) is 31.6 Å². The first-order valence-corrected chi connectivity index (χ1v) is 4.33. The van der Waals surface area contributed by atoms with Crippen LogP contribution in [0.2, 0.25) is 0 Å². The lowest BCUT2D eigenvalue weighted by atomic mass is 10.2. The molecule has 0 fully saturated rings. The number of hydrogen-bond donors (Lipinski definition) is 1. The lowest BCUT2D eigenvalue weighted by molar-refractivity contribution is 1.08. The van der Waals surface area contributed by atoms with E-state index in [1.165, 1.54) is 5.57 Å². The number of allylic oxidation sites excluding steroid dienone is 5. The normalized spacial score (nSPS) is 13.2. The summed E-state index contributed by atoms with van der Waals surface area (Å²) in [7, 11) is 0. The van der Waals surface area contributed by atoms with E-state index in [-0.39, 0.29) is 0 Å². The molecule has 1 N–H and O–H groups in total. The minimum Gasteiger partial charge on any atom is -0.285 e. The van der Waals surface area contributed by atoms with Crippen LogP contribution >= 0.6 is 0 Å². The molecule has 0 atom stereocenters. The molecule has 0 amide bonds. The van der Waals surface area contributed by atoms with Crippen molar-refractivity contribution < 1.29 is 0 Å². The minimum absolute atomic E-state index is 0.948. The number of aromatic amines is 1. The standard InChI is InChI=1S/C11H14N2/c1-3-5-10(4-2)6-7-11-8-9-12-13-11/h3-9H,1-2H3,(H,12,13)/b5-3-,7-6+,10-4+. The molecule has 0 spiro atoms. The van der Waals surface area contributed by atoms with E-state index in [0.29, 0.717) is 0 Å². The second-order valence-corrected chi connectivity index (χ2v) is 2.62. The second-order valence-electron chi connectivity index (χ2n) is 2.62. The first-order valence-electron chi connectivity index (χ1n) is 4.33. The van der Waals surface area contributed by atoms with Crippen molar-refractivity contribution in [2.75, 3.05) is 0 Å². The van der Waals surface area contributed by atoms with Gasteiger partial charge >= 0.3 is 0 Å². The third-order valence-electron chi connectivity index (χ3n) is 1.66. The van der Waals surface area contributed by atoms with Gasteiger partial charge in [-0.15, -0.1) is 0 Å². The van der Waals surface area contributed by atoms with E-state index in [2.05, 4.69) is 22.3 Å². The predicted octanol–water partition coefficient (Wildman–Crippen LogP) is 2.95. The van der Waals surface area contributed by atoms with Crippen molar-refractivity contribution in [3.63, 3.8) is 0 Å². The van der Waals surface area contributed by atoms with Crippen LogP contribution in [0.15, 0.2) is 42.1 Å².